The van der Waals surface area contributed by atoms with Crippen molar-refractivity contribution in [2.24, 2.45) is 0 Å². The SMILES string of the molecule is O=c1ncnc(NC2CCCCCC2)[nH]1. The van der Waals surface area contributed by atoms with Crippen molar-refractivity contribution < 1.29 is 0 Å². The molecule has 15 heavy (non-hydrogen) atoms. The van der Waals surface area contributed by atoms with Gasteiger partial charge in [0.25, 0.3) is 0 Å². The Morgan fingerprint density at radius 2 is 1.93 bits per heavy atom. The number of hydrogen-bond acceptors (Lipinski definition) is 4. The molecule has 1 fully saturated rings. The first kappa shape index (κ1) is 10.1. The lowest BCUT2D eigenvalue weighted by atomic mass is 10.1. The molecule has 0 amide bonds. The fourth-order valence-corrected chi connectivity index (χ4v) is 2.00. The number of anilines is 1. The van der Waals surface area contributed by atoms with E-state index in [4.69, 9.17) is 0 Å². The Bertz CT molecular complexity index is 354. The maximum Gasteiger partial charge on any atom is 0.349 e. The van der Waals surface area contributed by atoms with Crippen molar-refractivity contribution in [2.75, 3.05) is 5.32 Å². The third kappa shape index (κ3) is 3.04. The fourth-order valence-electron chi connectivity index (χ4n) is 2.00. The zero-order valence-corrected chi connectivity index (χ0v) is 8.70. The molecule has 0 bridgehead atoms. The number of H-pyrrole nitrogens is 1. The average molecular weight is 208 g/mol. The van der Waals surface area contributed by atoms with Gasteiger partial charge in [0.1, 0.15) is 6.33 Å². The number of hydrogen-bond donors (Lipinski definition) is 2. The predicted molar refractivity (Wildman–Crippen MR) is 57.8 cm³/mol. The third-order valence-corrected chi connectivity index (χ3v) is 2.78. The Kier molecular flexibility index (Phi) is 3.32. The molecule has 2 rings (SSSR count). The highest BCUT2D eigenvalue weighted by molar-refractivity contribution is 5.22. The molecule has 5 heteroatoms. The van der Waals surface area contributed by atoms with E-state index in [-0.39, 0.29) is 5.69 Å². The van der Waals surface area contributed by atoms with Crippen LogP contribution in [0.25, 0.3) is 0 Å². The minimum Gasteiger partial charge on any atom is -0.353 e. The summed E-state index contributed by atoms with van der Waals surface area (Å²) >= 11 is 0. The highest BCUT2D eigenvalue weighted by atomic mass is 16.1. The molecule has 0 saturated heterocycles. The third-order valence-electron chi connectivity index (χ3n) is 2.78. The van der Waals surface area contributed by atoms with E-state index >= 15 is 0 Å². The summed E-state index contributed by atoms with van der Waals surface area (Å²) in [6.07, 6.45) is 8.76. The quantitative estimate of drug-likeness (QED) is 0.719. The molecule has 1 aromatic rings. The molecule has 1 heterocycles. The molecule has 0 unspecified atom stereocenters. The molecule has 82 valence electrons. The van der Waals surface area contributed by atoms with E-state index in [2.05, 4.69) is 20.3 Å². The van der Waals surface area contributed by atoms with Gasteiger partial charge in [-0.2, -0.15) is 4.98 Å². The summed E-state index contributed by atoms with van der Waals surface area (Å²) < 4.78 is 0. The van der Waals surface area contributed by atoms with E-state index in [1.807, 2.05) is 0 Å². The monoisotopic (exact) mass is 208 g/mol. The van der Waals surface area contributed by atoms with Gasteiger partial charge < -0.3 is 5.32 Å². The van der Waals surface area contributed by atoms with Gasteiger partial charge in [-0.25, -0.2) is 9.78 Å². The molecule has 0 spiro atoms. The van der Waals surface area contributed by atoms with Crippen LogP contribution in [0, 0.1) is 0 Å². The van der Waals surface area contributed by atoms with Crippen LogP contribution in [-0.2, 0) is 0 Å². The smallest absolute Gasteiger partial charge is 0.349 e. The Morgan fingerprint density at radius 3 is 2.60 bits per heavy atom. The van der Waals surface area contributed by atoms with E-state index in [1.165, 1.54) is 32.0 Å². The number of nitrogens with one attached hydrogen (secondary N) is 2. The molecule has 0 atom stereocenters. The number of rotatable bonds is 2. The van der Waals surface area contributed by atoms with Crippen LogP contribution >= 0.6 is 0 Å². The number of aromatic amines is 1. The van der Waals surface area contributed by atoms with E-state index in [1.54, 1.807) is 0 Å². The van der Waals surface area contributed by atoms with Crippen molar-refractivity contribution in [1.82, 2.24) is 15.0 Å². The maximum atomic E-state index is 11.0. The second-order valence-electron chi connectivity index (χ2n) is 3.99. The summed E-state index contributed by atoms with van der Waals surface area (Å²) in [4.78, 5) is 21.0. The minimum atomic E-state index is -0.346. The largest absolute Gasteiger partial charge is 0.353 e. The molecule has 2 N–H and O–H groups in total. The van der Waals surface area contributed by atoms with Crippen LogP contribution in [0.3, 0.4) is 0 Å². The van der Waals surface area contributed by atoms with Gasteiger partial charge in [0, 0.05) is 6.04 Å². The average Bonchev–Trinajstić information content (AvgIpc) is 2.46. The van der Waals surface area contributed by atoms with Gasteiger partial charge in [-0.05, 0) is 12.8 Å². The highest BCUT2D eigenvalue weighted by Crippen LogP contribution is 2.19. The zero-order chi connectivity index (χ0) is 10.5. The van der Waals surface area contributed by atoms with Crippen molar-refractivity contribution in [3.63, 3.8) is 0 Å². The molecular formula is C10H16N4O. The van der Waals surface area contributed by atoms with Gasteiger partial charge in [-0.1, -0.05) is 25.7 Å². The van der Waals surface area contributed by atoms with Crippen LogP contribution in [-0.4, -0.2) is 21.0 Å². The molecular weight excluding hydrogens is 192 g/mol. The fraction of sp³-hybridized carbons (Fsp3) is 0.700. The summed E-state index contributed by atoms with van der Waals surface area (Å²) in [5.41, 5.74) is -0.346. The van der Waals surface area contributed by atoms with Gasteiger partial charge in [-0.15, -0.1) is 0 Å². The molecule has 0 radical (unpaired) electrons. The Morgan fingerprint density at radius 1 is 1.20 bits per heavy atom. The van der Waals surface area contributed by atoms with Crippen LogP contribution in [0.4, 0.5) is 5.95 Å². The molecule has 1 saturated carbocycles. The predicted octanol–water partition coefficient (Wildman–Crippen LogP) is 1.30. The Hall–Kier alpha value is -1.39. The lowest BCUT2D eigenvalue weighted by Crippen LogP contribution is -2.23. The standard InChI is InChI=1S/C10H16N4O/c15-10-12-7-11-9(14-10)13-8-5-3-1-2-4-6-8/h7-8H,1-6H2,(H2,11,12,13,14,15). The number of aromatic nitrogens is 3. The van der Waals surface area contributed by atoms with Crippen molar-refractivity contribution in [3.05, 3.63) is 16.8 Å². The van der Waals surface area contributed by atoms with E-state index < -0.39 is 0 Å². The van der Waals surface area contributed by atoms with Crippen LogP contribution in [0.5, 0.6) is 0 Å². The van der Waals surface area contributed by atoms with Crippen LogP contribution < -0.4 is 11.0 Å². The summed E-state index contributed by atoms with van der Waals surface area (Å²) in [6, 6.07) is 0.443. The van der Waals surface area contributed by atoms with Gasteiger partial charge in [0.2, 0.25) is 5.95 Å². The topological polar surface area (TPSA) is 70.7 Å². The summed E-state index contributed by atoms with van der Waals surface area (Å²) in [5.74, 6) is 0.543. The van der Waals surface area contributed by atoms with Gasteiger partial charge in [0.15, 0.2) is 0 Å². The summed E-state index contributed by atoms with van der Waals surface area (Å²) in [5, 5.41) is 3.26. The Balaban J connectivity index is 1.98. The molecule has 1 aromatic heterocycles. The highest BCUT2D eigenvalue weighted by Gasteiger charge is 2.12. The first-order chi connectivity index (χ1) is 7.34. The van der Waals surface area contributed by atoms with Gasteiger partial charge in [0.05, 0.1) is 0 Å². The lowest BCUT2D eigenvalue weighted by Gasteiger charge is -2.15. The number of nitrogens with zero attached hydrogens (tertiary/aromatic N) is 2. The van der Waals surface area contributed by atoms with Gasteiger partial charge >= 0.3 is 5.69 Å². The molecule has 0 aliphatic heterocycles. The van der Waals surface area contributed by atoms with E-state index in [0.717, 1.165) is 12.8 Å². The molecule has 5 nitrogen and oxygen atoms in total. The first-order valence-corrected chi connectivity index (χ1v) is 5.52. The minimum absolute atomic E-state index is 0.346. The summed E-state index contributed by atoms with van der Waals surface area (Å²) in [7, 11) is 0. The van der Waals surface area contributed by atoms with Gasteiger partial charge in [-0.3, -0.25) is 4.98 Å². The second-order valence-corrected chi connectivity index (χ2v) is 3.99. The Labute approximate surface area is 88.4 Å². The van der Waals surface area contributed by atoms with Crippen molar-refractivity contribution in [3.8, 4) is 0 Å². The maximum absolute atomic E-state index is 11.0. The first-order valence-electron chi connectivity index (χ1n) is 5.52. The van der Waals surface area contributed by atoms with Crippen LogP contribution in [0.15, 0.2) is 11.1 Å². The van der Waals surface area contributed by atoms with E-state index in [9.17, 15) is 4.79 Å². The second kappa shape index (κ2) is 4.91. The van der Waals surface area contributed by atoms with Crippen molar-refractivity contribution in [2.45, 2.75) is 44.6 Å². The van der Waals surface area contributed by atoms with Crippen LogP contribution in [0.1, 0.15) is 38.5 Å². The van der Waals surface area contributed by atoms with Crippen molar-refractivity contribution in [1.29, 1.82) is 0 Å². The molecule has 1 aliphatic carbocycles. The van der Waals surface area contributed by atoms with Crippen molar-refractivity contribution >= 4 is 5.95 Å². The summed E-state index contributed by atoms with van der Waals surface area (Å²) in [6.45, 7) is 0. The molecule has 0 aromatic carbocycles. The van der Waals surface area contributed by atoms with Crippen LogP contribution in [0.2, 0.25) is 0 Å². The zero-order valence-electron chi connectivity index (χ0n) is 8.70. The normalized spacial score (nSPS) is 18.4. The molecule has 1 aliphatic rings. The lowest BCUT2D eigenvalue weighted by molar-refractivity contribution is 0.613. The van der Waals surface area contributed by atoms with E-state index in [0.29, 0.717) is 12.0 Å².